The summed E-state index contributed by atoms with van der Waals surface area (Å²) in [5.74, 6) is 0. The lowest BCUT2D eigenvalue weighted by molar-refractivity contribution is -0.385. The van der Waals surface area contributed by atoms with Gasteiger partial charge < -0.3 is 0 Å². The molecule has 1 aromatic heterocycles. The number of nitro benzene ring substituents is 1. The normalized spacial score (nSPS) is 11.4. The Kier molecular flexibility index (Phi) is 3.69. The predicted octanol–water partition coefficient (Wildman–Crippen LogP) is 1.75. The number of nitro groups is 1. The Morgan fingerprint density at radius 3 is 2.52 bits per heavy atom. The second kappa shape index (κ2) is 5.17. The van der Waals surface area contributed by atoms with Crippen LogP contribution in [-0.4, -0.2) is 23.1 Å². The van der Waals surface area contributed by atoms with Crippen molar-refractivity contribution in [2.24, 2.45) is 7.05 Å². The molecule has 1 heterocycles. The Bertz CT molecular complexity index is 811. The van der Waals surface area contributed by atoms with Gasteiger partial charge in [0.1, 0.15) is 0 Å². The molecule has 0 saturated heterocycles. The summed E-state index contributed by atoms with van der Waals surface area (Å²) in [5, 5.41) is 14.8. The van der Waals surface area contributed by atoms with Crippen molar-refractivity contribution in [3.8, 4) is 0 Å². The number of nitrogens with zero attached hydrogens (tertiary/aromatic N) is 3. The third-order valence-electron chi connectivity index (χ3n) is 3.08. The quantitative estimate of drug-likeness (QED) is 0.683. The van der Waals surface area contributed by atoms with E-state index in [0.29, 0.717) is 17.1 Å². The van der Waals surface area contributed by atoms with Crippen molar-refractivity contribution >= 4 is 21.4 Å². The van der Waals surface area contributed by atoms with Crippen LogP contribution >= 0.6 is 0 Å². The molecule has 1 aromatic carbocycles. The molecule has 112 valence electrons. The first kappa shape index (κ1) is 15.0. The molecule has 0 bridgehead atoms. The third kappa shape index (κ3) is 2.87. The average molecular weight is 310 g/mol. The maximum Gasteiger partial charge on any atom is 0.270 e. The Morgan fingerprint density at radius 1 is 1.33 bits per heavy atom. The van der Waals surface area contributed by atoms with Crippen molar-refractivity contribution < 1.29 is 13.3 Å². The first-order chi connectivity index (χ1) is 9.72. The van der Waals surface area contributed by atoms with Gasteiger partial charge in [0.05, 0.1) is 26.9 Å². The van der Waals surface area contributed by atoms with E-state index in [4.69, 9.17) is 0 Å². The smallest absolute Gasteiger partial charge is 0.270 e. The van der Waals surface area contributed by atoms with E-state index in [2.05, 4.69) is 9.82 Å². The average Bonchev–Trinajstić information content (AvgIpc) is 2.65. The fraction of sp³-hybridized carbons (Fsp3) is 0.250. The molecule has 2 rings (SSSR count). The third-order valence-corrected chi connectivity index (χ3v) is 4.43. The van der Waals surface area contributed by atoms with Gasteiger partial charge in [-0.05, 0) is 19.9 Å². The Hall–Kier alpha value is -2.42. The minimum Gasteiger partial charge on any atom is -0.276 e. The zero-order valence-corrected chi connectivity index (χ0v) is 12.5. The lowest BCUT2D eigenvalue weighted by atomic mass is 10.3. The van der Waals surface area contributed by atoms with Gasteiger partial charge in [-0.15, -0.1) is 0 Å². The van der Waals surface area contributed by atoms with Crippen molar-refractivity contribution in [2.75, 3.05) is 4.72 Å². The van der Waals surface area contributed by atoms with Crippen LogP contribution in [0, 0.1) is 24.0 Å². The summed E-state index contributed by atoms with van der Waals surface area (Å²) in [6, 6.07) is 4.88. The SMILES string of the molecule is Cc1nn(C)c(C)c1NS(=O)(=O)c1cccc([N+](=O)[O-])c1. The van der Waals surface area contributed by atoms with E-state index in [9.17, 15) is 18.5 Å². The summed E-state index contributed by atoms with van der Waals surface area (Å²) in [7, 11) is -2.21. The van der Waals surface area contributed by atoms with Gasteiger partial charge in [0, 0.05) is 19.2 Å². The summed E-state index contributed by atoms with van der Waals surface area (Å²) in [5.41, 5.74) is 1.28. The number of nitrogens with one attached hydrogen (secondary N) is 1. The first-order valence-corrected chi connectivity index (χ1v) is 7.48. The number of aryl methyl sites for hydroxylation is 2. The molecule has 0 spiro atoms. The number of sulfonamides is 1. The van der Waals surface area contributed by atoms with Crippen LogP contribution in [0.15, 0.2) is 29.2 Å². The molecule has 0 aliphatic heterocycles. The minimum absolute atomic E-state index is 0.167. The predicted molar refractivity (Wildman–Crippen MR) is 76.6 cm³/mol. The number of hydrogen-bond donors (Lipinski definition) is 1. The molecule has 0 aliphatic rings. The monoisotopic (exact) mass is 310 g/mol. The van der Waals surface area contributed by atoms with E-state index >= 15 is 0 Å². The maximum absolute atomic E-state index is 12.3. The van der Waals surface area contributed by atoms with Gasteiger partial charge in [0.2, 0.25) is 0 Å². The lowest BCUT2D eigenvalue weighted by Gasteiger charge is -2.08. The number of non-ortho nitro benzene ring substituents is 1. The Labute approximate surface area is 121 Å². The van der Waals surface area contributed by atoms with Crippen LogP contribution in [-0.2, 0) is 17.1 Å². The Morgan fingerprint density at radius 2 is 2.00 bits per heavy atom. The van der Waals surface area contributed by atoms with Gasteiger partial charge in [-0.3, -0.25) is 19.5 Å². The van der Waals surface area contributed by atoms with Crippen molar-refractivity contribution in [1.82, 2.24) is 9.78 Å². The zero-order valence-electron chi connectivity index (χ0n) is 11.7. The first-order valence-electron chi connectivity index (χ1n) is 6.00. The molecule has 0 amide bonds. The number of aromatic nitrogens is 2. The maximum atomic E-state index is 12.3. The highest BCUT2D eigenvalue weighted by Crippen LogP contribution is 2.24. The van der Waals surface area contributed by atoms with E-state index in [-0.39, 0.29) is 10.6 Å². The number of rotatable bonds is 4. The van der Waals surface area contributed by atoms with E-state index in [1.807, 2.05) is 0 Å². The van der Waals surface area contributed by atoms with Crippen LogP contribution in [0.4, 0.5) is 11.4 Å². The van der Waals surface area contributed by atoms with E-state index < -0.39 is 14.9 Å². The number of hydrogen-bond acceptors (Lipinski definition) is 5. The molecule has 0 fully saturated rings. The van der Waals surface area contributed by atoms with Crippen molar-refractivity contribution in [3.63, 3.8) is 0 Å². The molecule has 9 heteroatoms. The molecule has 0 radical (unpaired) electrons. The van der Waals surface area contributed by atoms with Crippen LogP contribution in [0.5, 0.6) is 0 Å². The second-order valence-corrected chi connectivity index (χ2v) is 6.21. The molecule has 0 unspecified atom stereocenters. The zero-order chi connectivity index (χ0) is 15.8. The van der Waals surface area contributed by atoms with Crippen LogP contribution in [0.2, 0.25) is 0 Å². The summed E-state index contributed by atoms with van der Waals surface area (Å²) in [6.07, 6.45) is 0. The van der Waals surface area contributed by atoms with E-state index in [0.717, 1.165) is 6.07 Å². The highest BCUT2D eigenvalue weighted by molar-refractivity contribution is 7.92. The molecule has 0 saturated carbocycles. The molecule has 8 nitrogen and oxygen atoms in total. The van der Waals surface area contributed by atoms with Gasteiger partial charge in [0.25, 0.3) is 15.7 Å². The summed E-state index contributed by atoms with van der Waals surface area (Å²) in [4.78, 5) is 9.92. The van der Waals surface area contributed by atoms with Crippen LogP contribution < -0.4 is 4.72 Å². The van der Waals surface area contributed by atoms with Gasteiger partial charge >= 0.3 is 0 Å². The minimum atomic E-state index is -3.91. The van der Waals surface area contributed by atoms with Gasteiger partial charge in [-0.25, -0.2) is 8.42 Å². The molecule has 0 atom stereocenters. The second-order valence-electron chi connectivity index (χ2n) is 4.53. The summed E-state index contributed by atoms with van der Waals surface area (Å²) in [6.45, 7) is 3.41. The molecule has 1 N–H and O–H groups in total. The van der Waals surface area contributed by atoms with Crippen molar-refractivity contribution in [2.45, 2.75) is 18.7 Å². The largest absolute Gasteiger partial charge is 0.276 e. The number of anilines is 1. The van der Waals surface area contributed by atoms with Crippen LogP contribution in [0.1, 0.15) is 11.4 Å². The highest BCUT2D eigenvalue weighted by Gasteiger charge is 2.21. The van der Waals surface area contributed by atoms with Crippen LogP contribution in [0.3, 0.4) is 0 Å². The van der Waals surface area contributed by atoms with Crippen LogP contribution in [0.25, 0.3) is 0 Å². The Balaban J connectivity index is 2.43. The molecular formula is C12H14N4O4S. The van der Waals surface area contributed by atoms with Gasteiger partial charge in [0.15, 0.2) is 0 Å². The molecular weight excluding hydrogens is 296 g/mol. The fourth-order valence-corrected chi connectivity index (χ4v) is 3.09. The van der Waals surface area contributed by atoms with E-state index in [1.165, 1.54) is 18.2 Å². The van der Waals surface area contributed by atoms with Gasteiger partial charge in [-0.1, -0.05) is 6.07 Å². The molecule has 21 heavy (non-hydrogen) atoms. The summed E-state index contributed by atoms with van der Waals surface area (Å²) < 4.78 is 28.6. The van der Waals surface area contributed by atoms with E-state index in [1.54, 1.807) is 25.6 Å². The molecule has 2 aromatic rings. The topological polar surface area (TPSA) is 107 Å². The van der Waals surface area contributed by atoms with Gasteiger partial charge in [-0.2, -0.15) is 5.10 Å². The standard InChI is InChI=1S/C12H14N4O4S/c1-8-12(9(2)15(3)13-8)14-21(19,20)11-6-4-5-10(7-11)16(17)18/h4-7,14H,1-3H3. The molecule has 0 aliphatic carbocycles. The van der Waals surface area contributed by atoms with Crippen molar-refractivity contribution in [3.05, 3.63) is 45.8 Å². The fourth-order valence-electron chi connectivity index (χ4n) is 1.88. The summed E-state index contributed by atoms with van der Waals surface area (Å²) >= 11 is 0. The number of benzene rings is 1. The van der Waals surface area contributed by atoms with Crippen molar-refractivity contribution in [1.29, 1.82) is 0 Å². The highest BCUT2D eigenvalue weighted by atomic mass is 32.2. The lowest BCUT2D eigenvalue weighted by Crippen LogP contribution is -2.14.